The van der Waals surface area contributed by atoms with Crippen molar-refractivity contribution in [2.24, 2.45) is 11.8 Å². The first-order valence-corrected chi connectivity index (χ1v) is 8.51. The van der Waals surface area contributed by atoms with Gasteiger partial charge in [0.05, 0.1) is 6.04 Å². The third-order valence-electron chi connectivity index (χ3n) is 4.98. The second-order valence-electron chi connectivity index (χ2n) is 6.63. The molecule has 0 saturated carbocycles. The molecule has 3 unspecified atom stereocenters. The molecule has 124 valence electrons. The highest BCUT2D eigenvalue weighted by atomic mass is 16.2. The van der Waals surface area contributed by atoms with Crippen molar-refractivity contribution in [3.63, 3.8) is 0 Å². The Kier molecular flexibility index (Phi) is 7.57. The Morgan fingerprint density at radius 3 is 2.59 bits per heavy atom. The molecule has 0 aromatic carbocycles. The van der Waals surface area contributed by atoms with Crippen LogP contribution in [0, 0.1) is 11.8 Å². The molecule has 22 heavy (non-hydrogen) atoms. The van der Waals surface area contributed by atoms with Gasteiger partial charge in [0, 0.05) is 12.1 Å². The first kappa shape index (κ1) is 18.7. The number of nitrogens with zero attached hydrogens (tertiary/aromatic N) is 1. The van der Waals surface area contributed by atoms with E-state index in [2.05, 4.69) is 27.0 Å². The molecule has 0 aliphatic carbocycles. The molecule has 1 aliphatic heterocycles. The first-order chi connectivity index (χ1) is 10.4. The van der Waals surface area contributed by atoms with Crippen LogP contribution in [0.3, 0.4) is 0 Å². The number of hydrogen-bond acceptors (Lipinski definition) is 2. The van der Waals surface area contributed by atoms with Crippen LogP contribution in [0.2, 0.25) is 0 Å². The van der Waals surface area contributed by atoms with Crippen molar-refractivity contribution in [2.45, 2.75) is 65.3 Å². The average Bonchev–Trinajstić information content (AvgIpc) is 2.52. The Morgan fingerprint density at radius 1 is 1.32 bits per heavy atom. The molecule has 1 rings (SSSR count). The maximum absolute atomic E-state index is 12.7. The van der Waals surface area contributed by atoms with Crippen LogP contribution >= 0.6 is 0 Å². The highest BCUT2D eigenvalue weighted by Gasteiger charge is 2.32. The van der Waals surface area contributed by atoms with Crippen LogP contribution in [-0.4, -0.2) is 29.2 Å². The van der Waals surface area contributed by atoms with Gasteiger partial charge in [-0.25, -0.2) is 0 Å². The fourth-order valence-corrected chi connectivity index (χ4v) is 3.15. The van der Waals surface area contributed by atoms with Crippen molar-refractivity contribution >= 4 is 11.7 Å². The van der Waals surface area contributed by atoms with Crippen LogP contribution in [0.25, 0.3) is 0 Å². The van der Waals surface area contributed by atoms with Crippen LogP contribution < -0.4 is 0 Å². The molecule has 0 bridgehead atoms. The van der Waals surface area contributed by atoms with E-state index < -0.39 is 0 Å². The van der Waals surface area contributed by atoms with Crippen molar-refractivity contribution in [3.05, 3.63) is 24.8 Å². The number of carbonyl (C=O) groups is 2. The summed E-state index contributed by atoms with van der Waals surface area (Å²) < 4.78 is 0. The highest BCUT2D eigenvalue weighted by molar-refractivity contribution is 5.97. The molecular formula is C19H31NO2. The van der Waals surface area contributed by atoms with Crippen LogP contribution in [0.15, 0.2) is 24.8 Å². The summed E-state index contributed by atoms with van der Waals surface area (Å²) in [5.41, 5.74) is 0.652. The first-order valence-electron chi connectivity index (χ1n) is 8.51. The van der Waals surface area contributed by atoms with Gasteiger partial charge in [0.25, 0.3) is 0 Å². The summed E-state index contributed by atoms with van der Waals surface area (Å²) in [7, 11) is 0. The van der Waals surface area contributed by atoms with Gasteiger partial charge in [-0.1, -0.05) is 26.5 Å². The molecule has 3 nitrogen and oxygen atoms in total. The number of hydrogen-bond donors (Lipinski definition) is 0. The summed E-state index contributed by atoms with van der Waals surface area (Å²) in [6.45, 7) is 14.3. The average molecular weight is 305 g/mol. The van der Waals surface area contributed by atoms with E-state index in [1.807, 2.05) is 6.08 Å². The molecular weight excluding hydrogens is 274 g/mol. The number of carbonyl (C=O) groups excluding carboxylic acids is 2. The number of amides is 1. The molecule has 0 N–H and O–H groups in total. The number of ketones is 1. The van der Waals surface area contributed by atoms with Crippen LogP contribution in [-0.2, 0) is 9.59 Å². The van der Waals surface area contributed by atoms with Crippen molar-refractivity contribution in [1.29, 1.82) is 0 Å². The number of Topliss-reactive ketones (excluding diaryl/α,β-unsaturated/α-hetero) is 1. The van der Waals surface area contributed by atoms with Crippen molar-refractivity contribution < 1.29 is 9.59 Å². The molecule has 0 spiro atoms. The Hall–Kier alpha value is -1.38. The van der Waals surface area contributed by atoms with E-state index in [1.165, 1.54) is 0 Å². The summed E-state index contributed by atoms with van der Waals surface area (Å²) in [6.07, 6.45) is 7.89. The Bertz CT molecular complexity index is 427. The normalized spacial score (nSPS) is 21.0. The molecule has 1 fully saturated rings. The minimum absolute atomic E-state index is 0.0250. The van der Waals surface area contributed by atoms with E-state index >= 15 is 0 Å². The van der Waals surface area contributed by atoms with Gasteiger partial charge in [-0.05, 0) is 57.3 Å². The molecule has 1 heterocycles. The number of unbranched alkanes of at least 4 members (excludes halogenated alkanes) is 1. The number of rotatable bonds is 8. The standard InChI is InChI=1S/C19H31NO2/c1-6-7-8-11-14(2)15(3)16(4)19(22)20-13-10-9-12-18(20)17(5)21/h6,14-15,18H,1,4,7-13H2,2-3,5H3. The summed E-state index contributed by atoms with van der Waals surface area (Å²) >= 11 is 0. The topological polar surface area (TPSA) is 37.4 Å². The van der Waals surface area contributed by atoms with Gasteiger partial charge in [0.1, 0.15) is 0 Å². The van der Waals surface area contributed by atoms with Gasteiger partial charge in [0.15, 0.2) is 5.78 Å². The summed E-state index contributed by atoms with van der Waals surface area (Å²) in [6, 6.07) is -0.249. The zero-order valence-electron chi connectivity index (χ0n) is 14.4. The molecule has 3 heteroatoms. The second kappa shape index (κ2) is 8.92. The number of likely N-dealkylation sites (tertiary alicyclic amines) is 1. The third kappa shape index (κ3) is 4.82. The van der Waals surface area contributed by atoms with Gasteiger partial charge in [0.2, 0.25) is 5.91 Å². The zero-order valence-corrected chi connectivity index (χ0v) is 14.4. The Morgan fingerprint density at radius 2 is 2.00 bits per heavy atom. The van der Waals surface area contributed by atoms with Gasteiger partial charge in [-0.3, -0.25) is 9.59 Å². The monoisotopic (exact) mass is 305 g/mol. The van der Waals surface area contributed by atoms with Crippen molar-refractivity contribution in [3.8, 4) is 0 Å². The van der Waals surface area contributed by atoms with Gasteiger partial charge >= 0.3 is 0 Å². The van der Waals surface area contributed by atoms with Gasteiger partial charge < -0.3 is 4.90 Å². The zero-order chi connectivity index (χ0) is 16.7. The van der Waals surface area contributed by atoms with E-state index in [0.29, 0.717) is 18.0 Å². The van der Waals surface area contributed by atoms with Gasteiger partial charge in [-0.15, -0.1) is 6.58 Å². The molecule has 3 atom stereocenters. The van der Waals surface area contributed by atoms with E-state index in [-0.39, 0.29) is 23.7 Å². The minimum Gasteiger partial charge on any atom is -0.329 e. The molecule has 1 aliphatic rings. The van der Waals surface area contributed by atoms with Crippen molar-refractivity contribution in [1.82, 2.24) is 4.90 Å². The lowest BCUT2D eigenvalue weighted by Crippen LogP contribution is -2.48. The van der Waals surface area contributed by atoms with Gasteiger partial charge in [-0.2, -0.15) is 0 Å². The second-order valence-corrected chi connectivity index (χ2v) is 6.63. The van der Waals surface area contributed by atoms with Crippen LogP contribution in [0.4, 0.5) is 0 Å². The van der Waals surface area contributed by atoms with E-state index in [4.69, 9.17) is 0 Å². The van der Waals surface area contributed by atoms with Crippen LogP contribution in [0.5, 0.6) is 0 Å². The molecule has 1 saturated heterocycles. The fraction of sp³-hybridized carbons (Fsp3) is 0.684. The molecule has 1 amide bonds. The maximum atomic E-state index is 12.7. The largest absolute Gasteiger partial charge is 0.329 e. The predicted molar refractivity (Wildman–Crippen MR) is 91.5 cm³/mol. The van der Waals surface area contributed by atoms with Crippen LogP contribution in [0.1, 0.15) is 59.3 Å². The lowest BCUT2D eigenvalue weighted by Gasteiger charge is -2.36. The summed E-state index contributed by atoms with van der Waals surface area (Å²) in [5.74, 6) is 0.624. The lowest BCUT2D eigenvalue weighted by atomic mass is 9.84. The maximum Gasteiger partial charge on any atom is 0.250 e. The number of allylic oxidation sites excluding steroid dienone is 1. The summed E-state index contributed by atoms with van der Waals surface area (Å²) in [5, 5.41) is 0. The SMILES string of the molecule is C=CCCCC(C)C(C)C(=C)C(=O)N1CCCCC1C(C)=O. The smallest absolute Gasteiger partial charge is 0.250 e. The fourth-order valence-electron chi connectivity index (χ4n) is 3.15. The lowest BCUT2D eigenvalue weighted by molar-refractivity contribution is -0.138. The third-order valence-corrected chi connectivity index (χ3v) is 4.98. The predicted octanol–water partition coefficient (Wildman–Crippen LogP) is 4.14. The van der Waals surface area contributed by atoms with Crippen molar-refractivity contribution in [2.75, 3.05) is 6.54 Å². The van der Waals surface area contributed by atoms with E-state index in [0.717, 1.165) is 38.5 Å². The van der Waals surface area contributed by atoms with E-state index in [9.17, 15) is 9.59 Å². The summed E-state index contributed by atoms with van der Waals surface area (Å²) in [4.78, 5) is 26.3. The minimum atomic E-state index is -0.249. The Labute approximate surface area is 135 Å². The highest BCUT2D eigenvalue weighted by Crippen LogP contribution is 2.27. The molecule has 0 aromatic rings. The number of piperidine rings is 1. The molecule has 0 aromatic heterocycles. The van der Waals surface area contributed by atoms with E-state index in [1.54, 1.807) is 11.8 Å². The molecule has 0 radical (unpaired) electrons. The Balaban J connectivity index is 2.67. The quantitative estimate of drug-likeness (QED) is 0.384.